The molecule has 11 rings (SSSR count). The molecular weight excluding hydrogens is 663 g/mol. The lowest BCUT2D eigenvalue weighted by atomic mass is 9.55. The number of hydrogen-bond donors (Lipinski definition) is 0. The average molecular weight is 696 g/mol. The Balaban J connectivity index is 1.23. The normalized spacial score (nSPS) is 14.5. The van der Waals surface area contributed by atoms with Gasteiger partial charge in [0.1, 0.15) is 0 Å². The largest absolute Gasteiger partial charge is 0.208 e. The van der Waals surface area contributed by atoms with Gasteiger partial charge in [0.2, 0.25) is 0 Å². The lowest BCUT2D eigenvalue weighted by molar-refractivity contribution is 0.569. The number of fused-ring (bicyclic) bond motifs is 13. The zero-order valence-corrected chi connectivity index (χ0v) is 30.2. The fourth-order valence-corrected chi connectivity index (χ4v) is 10.6. The molecule has 0 amide bonds. The first kappa shape index (κ1) is 30.4. The van der Waals surface area contributed by atoms with Gasteiger partial charge in [-0.05, 0) is 56.6 Å². The quantitative estimate of drug-likeness (QED) is 0.185. The SMILES string of the molecule is CC1(C)c2ccccc2C2(c3ccccc3-c3ccccc32)c2ccc3sc4c(-c5nc(-c6ccccc6)nc(-c6ccccc6)n5)cccc4c3c21. The summed E-state index contributed by atoms with van der Waals surface area (Å²) in [5.74, 6) is 2.02. The Hall–Kier alpha value is -6.23. The molecule has 0 N–H and O–H groups in total. The van der Waals surface area contributed by atoms with Gasteiger partial charge < -0.3 is 0 Å². The van der Waals surface area contributed by atoms with Gasteiger partial charge in [0.15, 0.2) is 17.5 Å². The summed E-state index contributed by atoms with van der Waals surface area (Å²) in [7, 11) is 0. The number of rotatable bonds is 3. The van der Waals surface area contributed by atoms with Crippen molar-refractivity contribution in [3.63, 3.8) is 0 Å². The van der Waals surface area contributed by atoms with E-state index in [0.717, 1.165) is 16.7 Å². The van der Waals surface area contributed by atoms with Gasteiger partial charge in [-0.1, -0.05) is 166 Å². The van der Waals surface area contributed by atoms with Crippen molar-refractivity contribution in [1.82, 2.24) is 15.0 Å². The molecule has 7 aromatic carbocycles. The van der Waals surface area contributed by atoms with Crippen molar-refractivity contribution in [2.24, 2.45) is 0 Å². The van der Waals surface area contributed by atoms with Crippen LogP contribution in [0, 0.1) is 0 Å². The van der Waals surface area contributed by atoms with E-state index in [2.05, 4.69) is 141 Å². The summed E-state index contributed by atoms with van der Waals surface area (Å²) in [4.78, 5) is 15.3. The molecule has 0 aliphatic heterocycles. The van der Waals surface area contributed by atoms with Crippen molar-refractivity contribution < 1.29 is 0 Å². The highest BCUT2D eigenvalue weighted by Gasteiger charge is 2.53. The molecule has 0 atom stereocenters. The predicted octanol–water partition coefficient (Wildman–Crippen LogP) is 12.2. The number of aromatic nitrogens is 3. The van der Waals surface area contributed by atoms with Crippen molar-refractivity contribution in [2.75, 3.05) is 0 Å². The molecule has 3 nitrogen and oxygen atoms in total. The zero-order chi connectivity index (χ0) is 35.3. The van der Waals surface area contributed by atoms with Gasteiger partial charge in [-0.3, -0.25) is 0 Å². The van der Waals surface area contributed by atoms with Crippen LogP contribution in [0.3, 0.4) is 0 Å². The van der Waals surface area contributed by atoms with Gasteiger partial charge in [-0.15, -0.1) is 11.3 Å². The van der Waals surface area contributed by atoms with Crippen molar-refractivity contribution in [3.05, 3.63) is 197 Å². The summed E-state index contributed by atoms with van der Waals surface area (Å²) >= 11 is 1.84. The number of benzene rings is 7. The summed E-state index contributed by atoms with van der Waals surface area (Å²) < 4.78 is 2.46. The Morgan fingerprint density at radius 1 is 0.415 bits per heavy atom. The van der Waals surface area contributed by atoms with E-state index >= 15 is 0 Å². The summed E-state index contributed by atoms with van der Waals surface area (Å²) in [6.45, 7) is 4.84. The summed E-state index contributed by atoms with van der Waals surface area (Å²) in [6.07, 6.45) is 0. The molecule has 0 saturated carbocycles. The minimum Gasteiger partial charge on any atom is -0.208 e. The molecule has 2 aromatic heterocycles. The van der Waals surface area contributed by atoms with Crippen LogP contribution in [0.4, 0.5) is 0 Å². The number of thiophene rings is 1. The first-order chi connectivity index (χ1) is 26.0. The van der Waals surface area contributed by atoms with Crippen LogP contribution < -0.4 is 0 Å². The van der Waals surface area contributed by atoms with Crippen LogP contribution in [-0.4, -0.2) is 15.0 Å². The first-order valence-corrected chi connectivity index (χ1v) is 19.0. The molecule has 0 fully saturated rings. The van der Waals surface area contributed by atoms with E-state index in [1.54, 1.807) is 0 Å². The summed E-state index contributed by atoms with van der Waals surface area (Å²) in [5.41, 5.74) is 13.1. The van der Waals surface area contributed by atoms with Gasteiger partial charge >= 0.3 is 0 Å². The average Bonchev–Trinajstić information content (AvgIpc) is 3.75. The van der Waals surface area contributed by atoms with Crippen molar-refractivity contribution in [3.8, 4) is 45.3 Å². The van der Waals surface area contributed by atoms with Gasteiger partial charge in [0, 0.05) is 42.3 Å². The van der Waals surface area contributed by atoms with Gasteiger partial charge in [-0.25, -0.2) is 15.0 Å². The van der Waals surface area contributed by atoms with Gasteiger partial charge in [0.05, 0.1) is 5.41 Å². The van der Waals surface area contributed by atoms with Crippen LogP contribution in [0.5, 0.6) is 0 Å². The lowest BCUT2D eigenvalue weighted by Gasteiger charge is -2.47. The Bertz CT molecular complexity index is 2820. The molecule has 2 aliphatic carbocycles. The highest BCUT2D eigenvalue weighted by molar-refractivity contribution is 7.26. The Labute approximate surface area is 312 Å². The molecule has 4 heteroatoms. The minimum atomic E-state index is -0.432. The first-order valence-electron chi connectivity index (χ1n) is 18.2. The maximum atomic E-state index is 5.16. The molecule has 250 valence electrons. The van der Waals surface area contributed by atoms with Crippen LogP contribution in [-0.2, 0) is 10.8 Å². The highest BCUT2D eigenvalue weighted by Crippen LogP contribution is 2.63. The van der Waals surface area contributed by atoms with Crippen LogP contribution in [0.1, 0.15) is 47.2 Å². The van der Waals surface area contributed by atoms with Crippen LogP contribution in [0.25, 0.3) is 65.5 Å². The Kier molecular flexibility index (Phi) is 6.39. The predicted molar refractivity (Wildman–Crippen MR) is 218 cm³/mol. The van der Waals surface area contributed by atoms with Crippen LogP contribution in [0.2, 0.25) is 0 Å². The molecule has 2 heterocycles. The maximum Gasteiger partial charge on any atom is 0.165 e. The van der Waals surface area contributed by atoms with E-state index in [4.69, 9.17) is 15.0 Å². The smallest absolute Gasteiger partial charge is 0.165 e. The van der Waals surface area contributed by atoms with Crippen LogP contribution >= 0.6 is 11.3 Å². The molecule has 53 heavy (non-hydrogen) atoms. The van der Waals surface area contributed by atoms with Crippen LogP contribution in [0.15, 0.2) is 164 Å². The molecule has 0 unspecified atom stereocenters. The Morgan fingerprint density at radius 3 is 1.55 bits per heavy atom. The van der Waals surface area contributed by atoms with Crippen molar-refractivity contribution in [1.29, 1.82) is 0 Å². The van der Waals surface area contributed by atoms with E-state index in [1.165, 1.54) is 64.7 Å². The molecule has 0 saturated heterocycles. The molecule has 0 bridgehead atoms. The van der Waals surface area contributed by atoms with Crippen molar-refractivity contribution in [2.45, 2.75) is 24.7 Å². The van der Waals surface area contributed by atoms with E-state index < -0.39 is 5.41 Å². The molecule has 0 radical (unpaired) electrons. The summed E-state index contributed by atoms with van der Waals surface area (Å²) in [6, 6.07) is 59.2. The second-order valence-corrected chi connectivity index (χ2v) is 15.7. The van der Waals surface area contributed by atoms with Crippen molar-refractivity contribution >= 4 is 31.5 Å². The third-order valence-electron chi connectivity index (χ3n) is 11.6. The highest BCUT2D eigenvalue weighted by atomic mass is 32.1. The van der Waals surface area contributed by atoms with Gasteiger partial charge in [0.25, 0.3) is 0 Å². The molecule has 9 aromatic rings. The number of nitrogens with zero attached hydrogens (tertiary/aromatic N) is 3. The second kappa shape index (κ2) is 11.1. The fraction of sp³-hybridized carbons (Fsp3) is 0.0816. The topological polar surface area (TPSA) is 38.7 Å². The lowest BCUT2D eigenvalue weighted by Crippen LogP contribution is -2.40. The monoisotopic (exact) mass is 695 g/mol. The molecule has 2 aliphatic rings. The van der Waals surface area contributed by atoms with E-state index in [0.29, 0.717) is 17.5 Å². The third-order valence-corrected chi connectivity index (χ3v) is 12.8. The molecule has 1 spiro atoms. The second-order valence-electron chi connectivity index (χ2n) is 14.7. The third kappa shape index (κ3) is 4.13. The van der Waals surface area contributed by atoms with E-state index in [1.807, 2.05) is 47.7 Å². The summed E-state index contributed by atoms with van der Waals surface area (Å²) in [5, 5.41) is 2.56. The zero-order valence-electron chi connectivity index (χ0n) is 29.3. The van der Waals surface area contributed by atoms with E-state index in [9.17, 15) is 0 Å². The Morgan fingerprint density at radius 2 is 0.925 bits per heavy atom. The standard InChI is InChI=1S/C49H33N3S/c1-48(2)38-26-13-14-27-39(38)49(36-24-11-9-20-32(36)33-21-10-12-25-37(33)49)40-28-29-41-42(43(40)48)34-22-15-23-35(44(34)53-41)47-51-45(30-16-5-3-6-17-30)50-46(52-47)31-18-7-4-8-19-31/h3-29H,1-2H3. The van der Waals surface area contributed by atoms with Gasteiger partial charge in [-0.2, -0.15) is 0 Å². The fourth-order valence-electron chi connectivity index (χ4n) is 9.41. The number of hydrogen-bond acceptors (Lipinski definition) is 4. The van der Waals surface area contributed by atoms with E-state index in [-0.39, 0.29) is 5.41 Å². The minimum absolute atomic E-state index is 0.263. The molecular formula is C49H33N3S. The maximum absolute atomic E-state index is 5.16.